The fraction of sp³-hybridized carbons (Fsp3) is 0.400. The van der Waals surface area contributed by atoms with Gasteiger partial charge in [-0.25, -0.2) is 0 Å². The molecule has 1 N–H and O–H groups in total. The Hall–Kier alpha value is -1.92. The van der Waals surface area contributed by atoms with Crippen LogP contribution in [0.15, 0.2) is 47.2 Å². The number of likely N-dealkylation sites (N-methyl/N-ethyl adjacent to an activating group) is 1. The Morgan fingerprint density at radius 2 is 2.23 bits per heavy atom. The zero-order valence-electron chi connectivity index (χ0n) is 14.7. The molecule has 0 spiro atoms. The van der Waals surface area contributed by atoms with Gasteiger partial charge in [0.2, 0.25) is 5.91 Å². The highest BCUT2D eigenvalue weighted by atomic mass is 79.9. The van der Waals surface area contributed by atoms with Crippen molar-refractivity contribution in [1.82, 2.24) is 9.88 Å². The molecule has 2 aromatic rings. The molecule has 2 aliphatic heterocycles. The second-order valence-corrected chi connectivity index (χ2v) is 8.00. The van der Waals surface area contributed by atoms with Gasteiger partial charge >= 0.3 is 0 Å². The second kappa shape index (κ2) is 7.00. The molecule has 1 aromatic heterocycles. The number of aliphatic hydroxyl groups excluding tert-OH is 1. The molecule has 6 heteroatoms. The molecular weight excluding hydrogens is 394 g/mol. The van der Waals surface area contributed by atoms with E-state index in [1.807, 2.05) is 30.1 Å². The predicted molar refractivity (Wildman–Crippen MR) is 104 cm³/mol. The van der Waals surface area contributed by atoms with Gasteiger partial charge in [0.25, 0.3) is 0 Å². The first-order valence-electron chi connectivity index (χ1n) is 8.91. The van der Waals surface area contributed by atoms with Gasteiger partial charge in [-0.1, -0.05) is 22.0 Å². The van der Waals surface area contributed by atoms with Crippen molar-refractivity contribution >= 4 is 27.5 Å². The summed E-state index contributed by atoms with van der Waals surface area (Å²) in [5.41, 5.74) is 3.19. The Kier molecular flexibility index (Phi) is 4.71. The minimum Gasteiger partial charge on any atom is -0.394 e. The maximum atomic E-state index is 13.1. The van der Waals surface area contributed by atoms with Crippen LogP contribution in [0, 0.1) is 5.92 Å². The standard InChI is InChI=1S/C20H22BrN3O2/c1-23-17-5-4-14(21)10-16(17)20-15(18(23)12-25)6-8-24(20)19(26)9-13-3-2-7-22-11-13/h2-5,7,10-11,15,18,20,25H,6,8-9,12H2,1H3/t15-,18-,20-/m1/s1. The molecule has 1 aromatic carbocycles. The van der Waals surface area contributed by atoms with E-state index >= 15 is 0 Å². The number of pyridine rings is 1. The van der Waals surface area contributed by atoms with Crippen molar-refractivity contribution in [1.29, 1.82) is 0 Å². The largest absolute Gasteiger partial charge is 0.394 e. The number of benzene rings is 1. The number of aliphatic hydroxyl groups is 1. The van der Waals surface area contributed by atoms with Crippen molar-refractivity contribution in [3.05, 3.63) is 58.3 Å². The average Bonchev–Trinajstić information content (AvgIpc) is 3.08. The van der Waals surface area contributed by atoms with Crippen molar-refractivity contribution < 1.29 is 9.90 Å². The first-order valence-corrected chi connectivity index (χ1v) is 9.71. The van der Waals surface area contributed by atoms with Crippen LogP contribution in [-0.4, -0.2) is 47.1 Å². The van der Waals surface area contributed by atoms with Crippen molar-refractivity contribution in [2.75, 3.05) is 25.1 Å². The van der Waals surface area contributed by atoms with Crippen LogP contribution in [0.5, 0.6) is 0 Å². The van der Waals surface area contributed by atoms with E-state index in [0.29, 0.717) is 6.42 Å². The molecule has 3 atom stereocenters. The second-order valence-electron chi connectivity index (χ2n) is 7.09. The smallest absolute Gasteiger partial charge is 0.227 e. The molecule has 0 unspecified atom stereocenters. The van der Waals surface area contributed by atoms with Gasteiger partial charge in [-0.05, 0) is 41.8 Å². The molecule has 1 fully saturated rings. The molecule has 3 heterocycles. The van der Waals surface area contributed by atoms with Gasteiger partial charge in [0.05, 0.1) is 25.1 Å². The van der Waals surface area contributed by atoms with Gasteiger partial charge in [0, 0.05) is 42.1 Å². The number of halogens is 1. The van der Waals surface area contributed by atoms with Crippen LogP contribution in [0.4, 0.5) is 5.69 Å². The number of amides is 1. The van der Waals surface area contributed by atoms with Crippen LogP contribution >= 0.6 is 15.9 Å². The van der Waals surface area contributed by atoms with Crippen LogP contribution in [0.3, 0.4) is 0 Å². The van der Waals surface area contributed by atoms with Crippen LogP contribution in [-0.2, 0) is 11.2 Å². The SMILES string of the molecule is CN1c2ccc(Br)cc2[C@H]2[C@H](CCN2C(=O)Cc2cccnc2)[C@H]1CO. The lowest BCUT2D eigenvalue weighted by atomic mass is 9.82. The maximum absolute atomic E-state index is 13.1. The van der Waals surface area contributed by atoms with Gasteiger partial charge in [-0.15, -0.1) is 0 Å². The van der Waals surface area contributed by atoms with Crippen molar-refractivity contribution in [2.24, 2.45) is 5.92 Å². The summed E-state index contributed by atoms with van der Waals surface area (Å²) in [6.07, 6.45) is 4.74. The molecule has 1 saturated heterocycles. The number of carbonyl (C=O) groups is 1. The first-order chi connectivity index (χ1) is 12.6. The highest BCUT2D eigenvalue weighted by Crippen LogP contribution is 2.49. The summed E-state index contributed by atoms with van der Waals surface area (Å²) in [6.45, 7) is 0.822. The highest BCUT2D eigenvalue weighted by molar-refractivity contribution is 9.10. The minimum atomic E-state index is 0.0139. The zero-order chi connectivity index (χ0) is 18.3. The number of nitrogens with zero attached hydrogens (tertiary/aromatic N) is 3. The fourth-order valence-corrected chi connectivity index (χ4v) is 4.86. The molecule has 4 rings (SSSR count). The summed E-state index contributed by atoms with van der Waals surface area (Å²) in [6, 6.07) is 10.0. The van der Waals surface area contributed by atoms with E-state index in [1.165, 1.54) is 0 Å². The van der Waals surface area contributed by atoms with E-state index in [2.05, 4.69) is 37.9 Å². The Bertz CT molecular complexity index is 814. The lowest BCUT2D eigenvalue weighted by Crippen LogP contribution is -2.48. The number of carbonyl (C=O) groups excluding carboxylic acids is 1. The summed E-state index contributed by atoms with van der Waals surface area (Å²) in [7, 11) is 2.03. The van der Waals surface area contributed by atoms with Crippen molar-refractivity contribution in [2.45, 2.75) is 24.9 Å². The number of likely N-dealkylation sites (tertiary alicyclic amines) is 1. The van der Waals surface area contributed by atoms with E-state index < -0.39 is 0 Å². The Balaban J connectivity index is 1.69. The zero-order valence-corrected chi connectivity index (χ0v) is 16.3. The van der Waals surface area contributed by atoms with E-state index in [4.69, 9.17) is 0 Å². The molecule has 0 saturated carbocycles. The summed E-state index contributed by atoms with van der Waals surface area (Å²) in [5.74, 6) is 0.363. The van der Waals surface area contributed by atoms with Crippen LogP contribution in [0.1, 0.15) is 23.6 Å². The van der Waals surface area contributed by atoms with E-state index in [9.17, 15) is 9.90 Å². The van der Waals surface area contributed by atoms with Crippen LogP contribution in [0.2, 0.25) is 0 Å². The molecular formula is C20H22BrN3O2. The lowest BCUT2D eigenvalue weighted by molar-refractivity contribution is -0.132. The van der Waals surface area contributed by atoms with E-state index in [1.54, 1.807) is 12.4 Å². The van der Waals surface area contributed by atoms with Gasteiger partial charge in [-0.2, -0.15) is 0 Å². The third-order valence-corrected chi connectivity index (χ3v) is 6.20. The number of fused-ring (bicyclic) bond motifs is 3. The molecule has 1 amide bonds. The van der Waals surface area contributed by atoms with E-state index in [-0.39, 0.29) is 30.5 Å². The number of aromatic nitrogens is 1. The Morgan fingerprint density at radius 3 is 2.96 bits per heavy atom. The lowest BCUT2D eigenvalue weighted by Gasteiger charge is -2.44. The van der Waals surface area contributed by atoms with Crippen molar-refractivity contribution in [3.8, 4) is 0 Å². The van der Waals surface area contributed by atoms with Crippen LogP contribution < -0.4 is 4.90 Å². The number of anilines is 1. The number of rotatable bonds is 3. The van der Waals surface area contributed by atoms with Crippen molar-refractivity contribution in [3.63, 3.8) is 0 Å². The highest BCUT2D eigenvalue weighted by Gasteiger charge is 2.47. The molecule has 136 valence electrons. The molecule has 26 heavy (non-hydrogen) atoms. The fourth-order valence-electron chi connectivity index (χ4n) is 4.48. The summed E-state index contributed by atoms with van der Waals surface area (Å²) in [5, 5.41) is 9.99. The minimum absolute atomic E-state index is 0.0139. The molecule has 0 radical (unpaired) electrons. The maximum Gasteiger partial charge on any atom is 0.227 e. The quantitative estimate of drug-likeness (QED) is 0.836. The first kappa shape index (κ1) is 17.5. The third kappa shape index (κ3) is 2.91. The molecule has 5 nitrogen and oxygen atoms in total. The van der Waals surface area contributed by atoms with Gasteiger partial charge in [-0.3, -0.25) is 9.78 Å². The summed E-state index contributed by atoms with van der Waals surface area (Å²) in [4.78, 5) is 21.3. The number of hydrogen-bond acceptors (Lipinski definition) is 4. The monoisotopic (exact) mass is 415 g/mol. The molecule has 0 aliphatic carbocycles. The Morgan fingerprint density at radius 1 is 1.38 bits per heavy atom. The van der Waals surface area contributed by atoms with Gasteiger partial charge in [0.1, 0.15) is 0 Å². The van der Waals surface area contributed by atoms with Gasteiger partial charge < -0.3 is 14.9 Å². The predicted octanol–water partition coefficient (Wildman–Crippen LogP) is 2.79. The topological polar surface area (TPSA) is 56.7 Å². The van der Waals surface area contributed by atoms with Crippen LogP contribution in [0.25, 0.3) is 0 Å². The molecule has 0 bridgehead atoms. The third-order valence-electron chi connectivity index (χ3n) is 5.71. The molecule has 2 aliphatic rings. The van der Waals surface area contributed by atoms with Gasteiger partial charge in [0.15, 0.2) is 0 Å². The average molecular weight is 416 g/mol. The number of hydrogen-bond donors (Lipinski definition) is 1. The van der Waals surface area contributed by atoms with E-state index in [0.717, 1.165) is 34.3 Å². The summed E-state index contributed by atoms with van der Waals surface area (Å²) >= 11 is 3.57. The normalized spacial score (nSPS) is 24.3. The Labute approximate surface area is 161 Å². The summed E-state index contributed by atoms with van der Waals surface area (Å²) < 4.78 is 1.01.